The number of carbonyl (C=O) groups is 1. The molecule has 0 spiro atoms. The van der Waals surface area contributed by atoms with E-state index in [0.29, 0.717) is 16.7 Å². The third-order valence-electron chi connectivity index (χ3n) is 2.21. The molecule has 0 saturated heterocycles. The van der Waals surface area contributed by atoms with Gasteiger partial charge in [0.05, 0.1) is 11.3 Å². The van der Waals surface area contributed by atoms with Crippen molar-refractivity contribution >= 4 is 37.6 Å². The largest absolute Gasteiger partial charge is 0.478 e. The van der Waals surface area contributed by atoms with Crippen LogP contribution in [0.1, 0.15) is 17.3 Å². The van der Waals surface area contributed by atoms with Crippen LogP contribution < -0.4 is 10.0 Å². The Hall–Kier alpha value is -1.12. The molecule has 0 aliphatic rings. The smallest absolute Gasteiger partial charge is 0.335 e. The van der Waals surface area contributed by atoms with Crippen LogP contribution >= 0.6 is 15.9 Å². The highest BCUT2D eigenvalue weighted by atomic mass is 79.9. The Bertz CT molecular complexity index is 560. The van der Waals surface area contributed by atoms with Gasteiger partial charge in [0, 0.05) is 23.2 Å². The third kappa shape index (κ3) is 5.58. The van der Waals surface area contributed by atoms with Crippen molar-refractivity contribution in [3.05, 3.63) is 28.2 Å². The van der Waals surface area contributed by atoms with Crippen molar-refractivity contribution < 1.29 is 18.3 Å². The van der Waals surface area contributed by atoms with E-state index in [4.69, 9.17) is 5.11 Å². The topological polar surface area (TPSA) is 95.5 Å². The van der Waals surface area contributed by atoms with Gasteiger partial charge in [-0.2, -0.15) is 0 Å². The van der Waals surface area contributed by atoms with Gasteiger partial charge in [-0.05, 0) is 18.2 Å². The number of carboxylic acid groups (broad SMARTS) is 1. The van der Waals surface area contributed by atoms with Crippen LogP contribution in [0.3, 0.4) is 0 Å². The second-order valence-corrected chi connectivity index (χ2v) is 6.62. The molecule has 0 aliphatic carbocycles. The van der Waals surface area contributed by atoms with E-state index in [9.17, 15) is 13.2 Å². The van der Waals surface area contributed by atoms with Crippen LogP contribution in [-0.4, -0.2) is 38.3 Å². The van der Waals surface area contributed by atoms with Gasteiger partial charge in [-0.25, -0.2) is 17.9 Å². The number of carboxylic acids is 1. The predicted molar refractivity (Wildman–Crippen MR) is 77.1 cm³/mol. The van der Waals surface area contributed by atoms with Crippen LogP contribution in [0.5, 0.6) is 0 Å². The molecular formula is C11H15BrN2O4S. The van der Waals surface area contributed by atoms with Gasteiger partial charge in [0.2, 0.25) is 10.0 Å². The number of anilines is 1. The highest BCUT2D eigenvalue weighted by molar-refractivity contribution is 9.10. The second kappa shape index (κ2) is 6.88. The first kappa shape index (κ1) is 15.9. The zero-order valence-electron chi connectivity index (χ0n) is 10.3. The quantitative estimate of drug-likeness (QED) is 0.692. The van der Waals surface area contributed by atoms with Gasteiger partial charge in [-0.15, -0.1) is 0 Å². The van der Waals surface area contributed by atoms with E-state index in [-0.39, 0.29) is 17.9 Å². The summed E-state index contributed by atoms with van der Waals surface area (Å²) < 4.78 is 25.8. The van der Waals surface area contributed by atoms with Crippen LogP contribution in [0.4, 0.5) is 5.69 Å². The van der Waals surface area contributed by atoms with Crippen molar-refractivity contribution in [2.45, 2.75) is 6.92 Å². The number of nitrogens with one attached hydrogen (secondary N) is 2. The van der Waals surface area contributed by atoms with Gasteiger partial charge in [-0.3, -0.25) is 0 Å². The van der Waals surface area contributed by atoms with Gasteiger partial charge < -0.3 is 10.4 Å². The summed E-state index contributed by atoms with van der Waals surface area (Å²) in [6.07, 6.45) is 0. The van der Waals surface area contributed by atoms with Crippen molar-refractivity contribution in [3.8, 4) is 0 Å². The van der Waals surface area contributed by atoms with Crippen LogP contribution in [-0.2, 0) is 10.0 Å². The normalized spacial score (nSPS) is 11.3. The number of hydrogen-bond acceptors (Lipinski definition) is 4. The van der Waals surface area contributed by atoms with Crippen molar-refractivity contribution in [2.75, 3.05) is 24.2 Å². The molecule has 0 radical (unpaired) electrons. The van der Waals surface area contributed by atoms with Crippen molar-refractivity contribution in [2.24, 2.45) is 0 Å². The molecule has 0 aromatic heterocycles. The van der Waals surface area contributed by atoms with E-state index >= 15 is 0 Å². The maximum Gasteiger partial charge on any atom is 0.335 e. The number of hydrogen-bond donors (Lipinski definition) is 3. The molecule has 6 nitrogen and oxygen atoms in total. The maximum atomic E-state index is 11.4. The molecule has 0 atom stereocenters. The summed E-state index contributed by atoms with van der Waals surface area (Å²) in [4.78, 5) is 10.9. The summed E-state index contributed by atoms with van der Waals surface area (Å²) in [5, 5.41) is 11.8. The minimum Gasteiger partial charge on any atom is -0.478 e. The van der Waals surface area contributed by atoms with E-state index in [1.165, 1.54) is 12.1 Å². The Morgan fingerprint density at radius 3 is 2.63 bits per heavy atom. The Morgan fingerprint density at radius 1 is 1.37 bits per heavy atom. The van der Waals surface area contributed by atoms with Crippen LogP contribution in [0, 0.1) is 0 Å². The molecule has 106 valence electrons. The van der Waals surface area contributed by atoms with Crippen molar-refractivity contribution in [3.63, 3.8) is 0 Å². The summed E-state index contributed by atoms with van der Waals surface area (Å²) >= 11 is 3.20. The van der Waals surface area contributed by atoms with Gasteiger partial charge in [0.1, 0.15) is 0 Å². The molecule has 8 heteroatoms. The zero-order valence-corrected chi connectivity index (χ0v) is 12.7. The molecular weight excluding hydrogens is 336 g/mol. The van der Waals surface area contributed by atoms with E-state index in [2.05, 4.69) is 26.0 Å². The number of sulfonamides is 1. The summed E-state index contributed by atoms with van der Waals surface area (Å²) in [5.41, 5.74) is 0.685. The molecule has 3 N–H and O–H groups in total. The zero-order chi connectivity index (χ0) is 14.5. The second-order valence-electron chi connectivity index (χ2n) is 3.78. The molecule has 0 saturated carbocycles. The standard InChI is InChI=1S/C11H15BrN2O4S/c1-2-14-19(17,18)4-3-13-10-6-8(11(15)16)5-9(12)7-10/h5-7,13-14H,2-4H2,1H3,(H,15,16). The van der Waals surface area contributed by atoms with Gasteiger partial charge in [0.15, 0.2) is 0 Å². The number of aromatic carboxylic acids is 1. The van der Waals surface area contributed by atoms with Crippen LogP contribution in [0.25, 0.3) is 0 Å². The fraction of sp³-hybridized carbons (Fsp3) is 0.364. The summed E-state index contributed by atoms with van der Waals surface area (Å²) in [5.74, 6) is -1.11. The van der Waals surface area contributed by atoms with Crippen molar-refractivity contribution in [1.82, 2.24) is 4.72 Å². The maximum absolute atomic E-state index is 11.4. The minimum absolute atomic E-state index is 0.0737. The number of rotatable bonds is 7. The first-order valence-corrected chi connectivity index (χ1v) is 8.03. The fourth-order valence-electron chi connectivity index (χ4n) is 1.44. The fourth-order valence-corrected chi connectivity index (χ4v) is 2.89. The average molecular weight is 351 g/mol. The lowest BCUT2D eigenvalue weighted by atomic mass is 10.2. The van der Waals surface area contributed by atoms with E-state index in [1.54, 1.807) is 13.0 Å². The third-order valence-corrected chi connectivity index (χ3v) is 4.14. The summed E-state index contributed by atoms with van der Waals surface area (Å²) in [6.45, 7) is 2.26. The lowest BCUT2D eigenvalue weighted by Gasteiger charge is -2.09. The molecule has 1 aromatic rings. The highest BCUT2D eigenvalue weighted by Gasteiger charge is 2.09. The summed E-state index contributed by atoms with van der Waals surface area (Å²) in [7, 11) is -3.28. The van der Waals surface area contributed by atoms with Crippen LogP contribution in [0.2, 0.25) is 0 Å². The van der Waals surface area contributed by atoms with E-state index in [0.717, 1.165) is 0 Å². The van der Waals surface area contributed by atoms with Crippen LogP contribution in [0.15, 0.2) is 22.7 Å². The predicted octanol–water partition coefficient (Wildman–Crippen LogP) is 1.50. The average Bonchev–Trinajstić information content (AvgIpc) is 2.27. The first-order valence-electron chi connectivity index (χ1n) is 5.59. The molecule has 0 unspecified atom stereocenters. The molecule has 0 amide bonds. The Balaban J connectivity index is 2.66. The molecule has 1 rings (SSSR count). The highest BCUT2D eigenvalue weighted by Crippen LogP contribution is 2.19. The Morgan fingerprint density at radius 2 is 2.05 bits per heavy atom. The van der Waals surface area contributed by atoms with Crippen molar-refractivity contribution in [1.29, 1.82) is 0 Å². The lowest BCUT2D eigenvalue weighted by Crippen LogP contribution is -2.29. The molecule has 0 aliphatic heterocycles. The molecule has 0 bridgehead atoms. The van der Waals surface area contributed by atoms with Gasteiger partial charge in [0.25, 0.3) is 0 Å². The van der Waals surface area contributed by atoms with E-state index < -0.39 is 16.0 Å². The SMILES string of the molecule is CCNS(=O)(=O)CCNc1cc(Br)cc(C(=O)O)c1. The molecule has 0 fully saturated rings. The number of benzene rings is 1. The van der Waals surface area contributed by atoms with Gasteiger partial charge >= 0.3 is 5.97 Å². The first-order chi connectivity index (χ1) is 8.84. The number of halogens is 1. The van der Waals surface area contributed by atoms with E-state index in [1.807, 2.05) is 0 Å². The molecule has 1 aromatic carbocycles. The molecule has 0 heterocycles. The lowest BCUT2D eigenvalue weighted by molar-refractivity contribution is 0.0697. The van der Waals surface area contributed by atoms with Gasteiger partial charge in [-0.1, -0.05) is 22.9 Å². The minimum atomic E-state index is -3.28. The summed E-state index contributed by atoms with van der Waals surface area (Å²) in [6, 6.07) is 4.61. The monoisotopic (exact) mass is 350 g/mol. The Kier molecular flexibility index (Phi) is 5.77. The molecule has 19 heavy (non-hydrogen) atoms. The Labute approximate surface area is 120 Å².